The molecule has 0 saturated carbocycles. The summed E-state index contributed by atoms with van der Waals surface area (Å²) >= 11 is 3.31. The van der Waals surface area contributed by atoms with Gasteiger partial charge in [0.1, 0.15) is 5.82 Å². The lowest BCUT2D eigenvalue weighted by molar-refractivity contribution is 0.0400. The third kappa shape index (κ3) is 4.31. The number of hydrogen-bond acceptors (Lipinski definition) is 3. The van der Waals surface area contributed by atoms with E-state index in [1.807, 2.05) is 11.9 Å². The fourth-order valence-corrected chi connectivity index (χ4v) is 2.22. The average molecular weight is 320 g/mol. The van der Waals surface area contributed by atoms with E-state index in [9.17, 15) is 14.6 Å². The summed E-state index contributed by atoms with van der Waals surface area (Å²) in [5.74, 6) is -0.250. The van der Waals surface area contributed by atoms with Crippen molar-refractivity contribution < 1.29 is 14.6 Å². The zero-order chi connectivity index (χ0) is 13.8. The van der Waals surface area contributed by atoms with Crippen molar-refractivity contribution in [3.63, 3.8) is 0 Å². The Morgan fingerprint density at radius 3 is 2.50 bits per heavy atom. The highest BCUT2D eigenvalue weighted by Crippen LogP contribution is 2.20. The Hall–Kier alpha value is -0.490. The molecule has 0 aliphatic carbocycles. The number of hydrogen-bond donors (Lipinski definition) is 2. The minimum atomic E-state index is -0.572. The first-order chi connectivity index (χ1) is 8.40. The summed E-state index contributed by atoms with van der Waals surface area (Å²) in [6.07, 6.45) is 0. The van der Waals surface area contributed by atoms with Crippen molar-refractivity contribution in [2.24, 2.45) is 5.41 Å². The second-order valence-corrected chi connectivity index (χ2v) is 5.95. The van der Waals surface area contributed by atoms with Crippen LogP contribution in [0.1, 0.15) is 12.5 Å². The lowest BCUT2D eigenvalue weighted by atomic mass is 9.92. The highest BCUT2D eigenvalue weighted by Gasteiger charge is 2.24. The van der Waals surface area contributed by atoms with E-state index in [-0.39, 0.29) is 19.0 Å². The van der Waals surface area contributed by atoms with Crippen LogP contribution in [-0.4, -0.2) is 41.9 Å². The van der Waals surface area contributed by atoms with Gasteiger partial charge in [0.05, 0.1) is 13.2 Å². The highest BCUT2D eigenvalue weighted by atomic mass is 79.9. The van der Waals surface area contributed by atoms with Crippen molar-refractivity contribution in [3.8, 4) is 0 Å². The molecule has 0 saturated heterocycles. The molecule has 0 spiro atoms. The predicted molar refractivity (Wildman–Crippen MR) is 72.7 cm³/mol. The van der Waals surface area contributed by atoms with Crippen molar-refractivity contribution in [3.05, 3.63) is 34.1 Å². The first-order valence-electron chi connectivity index (χ1n) is 5.74. The summed E-state index contributed by atoms with van der Waals surface area (Å²) in [6, 6.07) is 4.82. The Morgan fingerprint density at radius 1 is 1.33 bits per heavy atom. The maximum Gasteiger partial charge on any atom is 0.127 e. The van der Waals surface area contributed by atoms with E-state index in [2.05, 4.69) is 15.9 Å². The monoisotopic (exact) mass is 319 g/mol. The summed E-state index contributed by atoms with van der Waals surface area (Å²) in [4.78, 5) is 1.89. The number of benzene rings is 1. The van der Waals surface area contributed by atoms with E-state index < -0.39 is 5.41 Å². The normalized spacial score (nSPS) is 12.2. The van der Waals surface area contributed by atoms with Crippen LogP contribution >= 0.6 is 15.9 Å². The van der Waals surface area contributed by atoms with Crippen LogP contribution in [0, 0.1) is 11.2 Å². The Balaban J connectivity index is 2.70. The van der Waals surface area contributed by atoms with Gasteiger partial charge in [-0.25, -0.2) is 4.39 Å². The summed E-state index contributed by atoms with van der Waals surface area (Å²) in [5.41, 5.74) is 0.0159. The van der Waals surface area contributed by atoms with Crippen molar-refractivity contribution in [1.29, 1.82) is 0 Å². The summed E-state index contributed by atoms with van der Waals surface area (Å²) in [7, 11) is 1.84. The van der Waals surface area contributed by atoms with Gasteiger partial charge >= 0.3 is 0 Å². The number of rotatable bonds is 6. The van der Waals surface area contributed by atoms with Gasteiger partial charge in [-0.3, -0.25) is 0 Å². The van der Waals surface area contributed by atoms with Crippen LogP contribution in [0.5, 0.6) is 0 Å². The largest absolute Gasteiger partial charge is 0.396 e. The molecule has 0 aliphatic heterocycles. The van der Waals surface area contributed by atoms with Gasteiger partial charge in [0.15, 0.2) is 0 Å². The molecule has 0 atom stereocenters. The Kier molecular flexibility index (Phi) is 5.72. The molecule has 1 aromatic rings. The Morgan fingerprint density at radius 2 is 1.94 bits per heavy atom. The molecule has 0 bridgehead atoms. The molecule has 1 aromatic carbocycles. The lowest BCUT2D eigenvalue weighted by Crippen LogP contribution is -2.38. The molecule has 0 aliphatic rings. The SMILES string of the molecule is CN(Cc1cc(Br)ccc1F)CC(C)(CO)CO. The number of aliphatic hydroxyl groups is 2. The highest BCUT2D eigenvalue weighted by molar-refractivity contribution is 9.10. The van der Waals surface area contributed by atoms with Crippen LogP contribution in [-0.2, 0) is 6.54 Å². The predicted octanol–water partition coefficient (Wildman–Crippen LogP) is 2.01. The topological polar surface area (TPSA) is 43.7 Å². The molecule has 0 unspecified atom stereocenters. The van der Waals surface area contributed by atoms with E-state index in [0.717, 1.165) is 4.47 Å². The zero-order valence-electron chi connectivity index (χ0n) is 10.7. The van der Waals surface area contributed by atoms with Crippen molar-refractivity contribution >= 4 is 15.9 Å². The molecule has 18 heavy (non-hydrogen) atoms. The fraction of sp³-hybridized carbons (Fsp3) is 0.538. The van der Waals surface area contributed by atoms with Crippen LogP contribution in [0.25, 0.3) is 0 Å². The van der Waals surface area contributed by atoms with E-state index in [0.29, 0.717) is 18.7 Å². The van der Waals surface area contributed by atoms with Crippen LogP contribution in [0.4, 0.5) is 4.39 Å². The first kappa shape index (κ1) is 15.6. The molecule has 0 radical (unpaired) electrons. The van der Waals surface area contributed by atoms with Crippen LogP contribution < -0.4 is 0 Å². The quantitative estimate of drug-likeness (QED) is 0.843. The molecule has 0 heterocycles. The van der Waals surface area contributed by atoms with Gasteiger partial charge in [-0.05, 0) is 25.2 Å². The fourth-order valence-electron chi connectivity index (χ4n) is 1.81. The van der Waals surface area contributed by atoms with E-state index >= 15 is 0 Å². The van der Waals surface area contributed by atoms with E-state index in [1.54, 1.807) is 19.1 Å². The van der Waals surface area contributed by atoms with Gasteiger partial charge < -0.3 is 15.1 Å². The number of nitrogens with zero attached hydrogens (tertiary/aromatic N) is 1. The van der Waals surface area contributed by atoms with Gasteiger partial charge in [0, 0.05) is 28.5 Å². The standard InChI is InChI=1S/C13H19BrFNO2/c1-13(8-17,9-18)7-16(2)6-10-5-11(14)3-4-12(10)15/h3-5,17-18H,6-9H2,1-2H3. The molecular formula is C13H19BrFNO2. The molecule has 1 rings (SSSR count). The molecule has 3 nitrogen and oxygen atoms in total. The molecule has 0 aromatic heterocycles. The summed E-state index contributed by atoms with van der Waals surface area (Å²) in [5, 5.41) is 18.5. The van der Waals surface area contributed by atoms with Crippen LogP contribution in [0.2, 0.25) is 0 Å². The lowest BCUT2D eigenvalue weighted by Gasteiger charge is -2.30. The van der Waals surface area contributed by atoms with Gasteiger partial charge in [-0.15, -0.1) is 0 Å². The van der Waals surface area contributed by atoms with E-state index in [1.165, 1.54) is 6.07 Å². The third-order valence-corrected chi connectivity index (χ3v) is 3.36. The minimum Gasteiger partial charge on any atom is -0.396 e. The second kappa shape index (κ2) is 6.61. The Labute approximate surface area is 115 Å². The summed E-state index contributed by atoms with van der Waals surface area (Å²) in [6.45, 7) is 2.51. The third-order valence-electron chi connectivity index (χ3n) is 2.86. The maximum atomic E-state index is 13.6. The molecular weight excluding hydrogens is 301 g/mol. The first-order valence-corrected chi connectivity index (χ1v) is 6.54. The zero-order valence-corrected chi connectivity index (χ0v) is 12.2. The van der Waals surface area contributed by atoms with Crippen LogP contribution in [0.15, 0.2) is 22.7 Å². The number of halogens is 2. The number of aliphatic hydroxyl groups excluding tert-OH is 2. The molecule has 2 N–H and O–H groups in total. The van der Waals surface area contributed by atoms with Crippen molar-refractivity contribution in [2.45, 2.75) is 13.5 Å². The molecule has 0 fully saturated rings. The van der Waals surface area contributed by atoms with Gasteiger partial charge in [-0.1, -0.05) is 22.9 Å². The maximum absolute atomic E-state index is 13.6. The van der Waals surface area contributed by atoms with Gasteiger partial charge in [0.2, 0.25) is 0 Å². The Bertz CT molecular complexity index is 397. The van der Waals surface area contributed by atoms with Gasteiger partial charge in [0.25, 0.3) is 0 Å². The average Bonchev–Trinajstić information content (AvgIpc) is 2.33. The molecule has 102 valence electrons. The van der Waals surface area contributed by atoms with E-state index in [4.69, 9.17) is 0 Å². The van der Waals surface area contributed by atoms with Gasteiger partial charge in [-0.2, -0.15) is 0 Å². The van der Waals surface area contributed by atoms with Crippen LogP contribution in [0.3, 0.4) is 0 Å². The smallest absolute Gasteiger partial charge is 0.127 e. The van der Waals surface area contributed by atoms with Crippen molar-refractivity contribution in [2.75, 3.05) is 26.8 Å². The minimum absolute atomic E-state index is 0.102. The summed E-state index contributed by atoms with van der Waals surface area (Å²) < 4.78 is 14.4. The molecule has 5 heteroatoms. The van der Waals surface area contributed by atoms with Crippen molar-refractivity contribution in [1.82, 2.24) is 4.90 Å². The second-order valence-electron chi connectivity index (χ2n) is 5.03. The molecule has 0 amide bonds.